The van der Waals surface area contributed by atoms with Crippen molar-refractivity contribution in [1.29, 1.82) is 0 Å². The molecule has 4 heteroatoms. The lowest BCUT2D eigenvalue weighted by Gasteiger charge is -2.17. The Morgan fingerprint density at radius 2 is 2.05 bits per heavy atom. The van der Waals surface area contributed by atoms with Gasteiger partial charge in [-0.3, -0.25) is 4.79 Å². The van der Waals surface area contributed by atoms with E-state index in [9.17, 15) is 9.59 Å². The summed E-state index contributed by atoms with van der Waals surface area (Å²) in [5.74, 6) is 5.08. The van der Waals surface area contributed by atoms with Gasteiger partial charge in [0.2, 0.25) is 0 Å². The number of methoxy groups -OCH3 is 1. The van der Waals surface area contributed by atoms with Crippen molar-refractivity contribution < 1.29 is 19.1 Å². The summed E-state index contributed by atoms with van der Waals surface area (Å²) >= 11 is 0. The minimum absolute atomic E-state index is 0.552. The number of rotatable bonds is 7. The molecule has 4 nitrogen and oxygen atoms in total. The van der Waals surface area contributed by atoms with Gasteiger partial charge in [-0.25, -0.2) is 4.79 Å². The maximum atomic E-state index is 11.8. The smallest absolute Gasteiger partial charge is 0.339 e. The number of benzene rings is 1. The van der Waals surface area contributed by atoms with Crippen molar-refractivity contribution in [2.75, 3.05) is 7.11 Å². The third kappa shape index (κ3) is 5.80. The molecule has 0 spiro atoms. The summed E-state index contributed by atoms with van der Waals surface area (Å²) < 4.78 is 10.2. The highest BCUT2D eigenvalue weighted by Gasteiger charge is 2.25. The second-order valence-electron chi connectivity index (χ2n) is 4.43. The van der Waals surface area contributed by atoms with Crippen LogP contribution in [0.5, 0.6) is 0 Å². The van der Waals surface area contributed by atoms with Gasteiger partial charge in [-0.1, -0.05) is 49.6 Å². The van der Waals surface area contributed by atoms with Crippen molar-refractivity contribution in [2.45, 2.75) is 38.4 Å². The Morgan fingerprint density at radius 3 is 2.62 bits per heavy atom. The van der Waals surface area contributed by atoms with Crippen molar-refractivity contribution >= 4 is 12.3 Å². The van der Waals surface area contributed by atoms with Gasteiger partial charge in [0, 0.05) is 6.42 Å². The fraction of sp³-hybridized carbons (Fsp3) is 0.412. The number of esters is 1. The summed E-state index contributed by atoms with van der Waals surface area (Å²) in [5, 5.41) is 0. The van der Waals surface area contributed by atoms with E-state index in [2.05, 4.69) is 18.8 Å². The summed E-state index contributed by atoms with van der Waals surface area (Å²) in [6.07, 6.45) is 1.42. The van der Waals surface area contributed by atoms with Crippen LogP contribution in [-0.2, 0) is 19.1 Å². The lowest BCUT2D eigenvalue weighted by Crippen LogP contribution is -2.24. The van der Waals surface area contributed by atoms with Crippen LogP contribution >= 0.6 is 0 Å². The van der Waals surface area contributed by atoms with Crippen LogP contribution in [0.3, 0.4) is 0 Å². The highest BCUT2D eigenvalue weighted by Crippen LogP contribution is 2.20. The van der Waals surface area contributed by atoms with Crippen LogP contribution < -0.4 is 0 Å². The van der Waals surface area contributed by atoms with Gasteiger partial charge in [0.25, 0.3) is 0 Å². The Morgan fingerprint density at radius 1 is 1.33 bits per heavy atom. The molecule has 0 saturated heterocycles. The van der Waals surface area contributed by atoms with Gasteiger partial charge in [-0.2, -0.15) is 0 Å². The quantitative estimate of drug-likeness (QED) is 0.335. The molecule has 1 aromatic rings. The van der Waals surface area contributed by atoms with Crippen LogP contribution in [0.15, 0.2) is 30.3 Å². The standard InChI is InChI=1S/C17H20O4/c1-3-4-5-9-12-15(13-18)21-16(17(19)20-2)14-10-7-6-8-11-14/h6-8,10-11,13,15-16H,3-5H2,1-2H3/t15-,16+/m0/s1. The van der Waals surface area contributed by atoms with Crippen LogP contribution in [0, 0.1) is 11.8 Å². The minimum Gasteiger partial charge on any atom is -0.467 e. The first-order valence-electron chi connectivity index (χ1n) is 6.94. The summed E-state index contributed by atoms with van der Waals surface area (Å²) in [7, 11) is 1.28. The van der Waals surface area contributed by atoms with Crippen LogP contribution in [0.25, 0.3) is 0 Å². The van der Waals surface area contributed by atoms with E-state index < -0.39 is 18.2 Å². The fourth-order valence-corrected chi connectivity index (χ4v) is 1.69. The normalized spacial score (nSPS) is 12.7. The van der Waals surface area contributed by atoms with Gasteiger partial charge in [-0.15, -0.1) is 5.92 Å². The van der Waals surface area contributed by atoms with Crippen molar-refractivity contribution in [2.24, 2.45) is 0 Å². The third-order valence-electron chi connectivity index (χ3n) is 2.82. The molecule has 0 amide bonds. The van der Waals surface area contributed by atoms with Crippen molar-refractivity contribution in [3.63, 3.8) is 0 Å². The van der Waals surface area contributed by atoms with E-state index >= 15 is 0 Å². The van der Waals surface area contributed by atoms with Gasteiger partial charge >= 0.3 is 5.97 Å². The van der Waals surface area contributed by atoms with Gasteiger partial charge in [-0.05, 0) is 12.0 Å². The molecule has 0 aliphatic heterocycles. The van der Waals surface area contributed by atoms with Crippen molar-refractivity contribution in [1.82, 2.24) is 0 Å². The maximum Gasteiger partial charge on any atom is 0.339 e. The van der Waals surface area contributed by atoms with E-state index in [1.54, 1.807) is 24.3 Å². The zero-order valence-electron chi connectivity index (χ0n) is 12.4. The maximum absolute atomic E-state index is 11.8. The average Bonchev–Trinajstić information content (AvgIpc) is 2.54. The molecule has 0 aliphatic rings. The van der Waals surface area contributed by atoms with E-state index in [4.69, 9.17) is 9.47 Å². The van der Waals surface area contributed by atoms with E-state index in [0.717, 1.165) is 12.8 Å². The third-order valence-corrected chi connectivity index (χ3v) is 2.82. The van der Waals surface area contributed by atoms with Gasteiger partial charge in [0.05, 0.1) is 7.11 Å². The molecule has 0 heterocycles. The van der Waals surface area contributed by atoms with Crippen molar-refractivity contribution in [3.05, 3.63) is 35.9 Å². The second kappa shape index (κ2) is 9.73. The Bertz CT molecular complexity index is 499. The van der Waals surface area contributed by atoms with Crippen LogP contribution in [0.2, 0.25) is 0 Å². The molecule has 0 aliphatic carbocycles. The Kier molecular flexibility index (Phi) is 7.85. The predicted octanol–water partition coefficient (Wildman–Crippen LogP) is 2.68. The molecular weight excluding hydrogens is 268 g/mol. The number of carbonyl (C=O) groups is 2. The molecule has 21 heavy (non-hydrogen) atoms. The Hall–Kier alpha value is -2.12. The first kappa shape index (κ1) is 16.9. The topological polar surface area (TPSA) is 52.6 Å². The molecule has 0 N–H and O–H groups in total. The zero-order valence-corrected chi connectivity index (χ0v) is 12.4. The van der Waals surface area contributed by atoms with E-state index in [1.165, 1.54) is 7.11 Å². The molecule has 1 rings (SSSR count). The van der Waals surface area contributed by atoms with Gasteiger partial charge < -0.3 is 9.47 Å². The fourth-order valence-electron chi connectivity index (χ4n) is 1.69. The summed E-state index contributed by atoms with van der Waals surface area (Å²) in [5.41, 5.74) is 0.631. The first-order valence-corrected chi connectivity index (χ1v) is 6.94. The summed E-state index contributed by atoms with van der Waals surface area (Å²) in [4.78, 5) is 22.9. The monoisotopic (exact) mass is 288 g/mol. The van der Waals surface area contributed by atoms with Crippen LogP contribution in [-0.4, -0.2) is 25.5 Å². The molecule has 112 valence electrons. The number of unbranched alkanes of at least 4 members (excludes halogenated alkanes) is 2. The molecule has 0 unspecified atom stereocenters. The van der Waals surface area contributed by atoms with Crippen LogP contribution in [0.4, 0.5) is 0 Å². The molecular formula is C17H20O4. The van der Waals surface area contributed by atoms with E-state index in [1.807, 2.05) is 6.07 Å². The minimum atomic E-state index is -0.952. The van der Waals surface area contributed by atoms with Gasteiger partial charge in [0.15, 0.2) is 18.5 Å². The largest absolute Gasteiger partial charge is 0.467 e. The second-order valence-corrected chi connectivity index (χ2v) is 4.43. The molecule has 0 aromatic heterocycles. The van der Waals surface area contributed by atoms with Gasteiger partial charge in [0.1, 0.15) is 0 Å². The van der Waals surface area contributed by atoms with Crippen LogP contribution in [0.1, 0.15) is 37.9 Å². The lowest BCUT2D eigenvalue weighted by atomic mass is 10.1. The van der Waals surface area contributed by atoms with E-state index in [-0.39, 0.29) is 0 Å². The summed E-state index contributed by atoms with van der Waals surface area (Å²) in [6.45, 7) is 2.07. The lowest BCUT2D eigenvalue weighted by molar-refractivity contribution is -0.157. The molecule has 0 bridgehead atoms. The number of carbonyl (C=O) groups excluding carboxylic acids is 2. The highest BCUT2D eigenvalue weighted by atomic mass is 16.6. The molecule has 2 atom stereocenters. The first-order chi connectivity index (χ1) is 10.2. The van der Waals surface area contributed by atoms with Crippen molar-refractivity contribution in [3.8, 4) is 11.8 Å². The molecule has 1 aromatic carbocycles. The molecule has 0 radical (unpaired) electrons. The average molecular weight is 288 g/mol. The number of hydrogen-bond donors (Lipinski definition) is 0. The Labute approximate surface area is 125 Å². The predicted molar refractivity (Wildman–Crippen MR) is 79.4 cm³/mol. The number of hydrogen-bond acceptors (Lipinski definition) is 4. The Balaban J connectivity index is 2.81. The number of ether oxygens (including phenoxy) is 2. The number of aldehydes is 1. The zero-order chi connectivity index (χ0) is 15.5. The summed E-state index contributed by atoms with van der Waals surface area (Å²) in [6, 6.07) is 8.90. The molecule has 0 fully saturated rings. The molecule has 0 saturated carbocycles. The SMILES string of the molecule is CCCCC#C[C@@H](C=O)O[C@@H](C(=O)OC)c1ccccc1. The van der Waals surface area contributed by atoms with E-state index in [0.29, 0.717) is 18.3 Å². The highest BCUT2D eigenvalue weighted by molar-refractivity contribution is 5.77.